The van der Waals surface area contributed by atoms with Gasteiger partial charge in [-0.05, 0) is 65.4 Å². The number of benzene rings is 2. The van der Waals surface area contributed by atoms with E-state index in [1.54, 1.807) is 36.4 Å². The van der Waals surface area contributed by atoms with Crippen LogP contribution in [0.15, 0.2) is 42.0 Å². The average molecular weight is 522 g/mol. The van der Waals surface area contributed by atoms with Gasteiger partial charge in [0.05, 0.1) is 17.3 Å². The number of carbonyl (C=O) groups is 2. The zero-order chi connectivity index (χ0) is 22.1. The Morgan fingerprint density at radius 1 is 1.27 bits per heavy atom. The first-order chi connectivity index (χ1) is 14.4. The van der Waals surface area contributed by atoms with Gasteiger partial charge in [-0.25, -0.2) is 4.79 Å². The van der Waals surface area contributed by atoms with Crippen LogP contribution in [0.4, 0.5) is 5.69 Å². The molecule has 0 spiro atoms. The molecule has 8 nitrogen and oxygen atoms in total. The Morgan fingerprint density at radius 3 is 2.67 bits per heavy atom. The fraction of sp³-hybridized carbons (Fsp3) is 0.190. The number of nitrogens with zero attached hydrogens (tertiary/aromatic N) is 1. The summed E-state index contributed by atoms with van der Waals surface area (Å²) < 4.78 is 16.5. The summed E-state index contributed by atoms with van der Waals surface area (Å²) in [6, 6.07) is 12.0. The molecule has 0 unspecified atom stereocenters. The van der Waals surface area contributed by atoms with Crippen LogP contribution in [0.1, 0.15) is 12.5 Å². The van der Waals surface area contributed by atoms with E-state index in [0.29, 0.717) is 27.2 Å². The molecule has 2 aromatic carbocycles. The maximum absolute atomic E-state index is 12.5. The highest BCUT2D eigenvalue weighted by Crippen LogP contribution is 2.34. The molecule has 0 bridgehead atoms. The normalized spacial score (nSPS) is 10.7. The number of carboxylic acids is 1. The minimum Gasteiger partial charge on any atom is -0.494 e. The molecule has 2 aromatic rings. The van der Waals surface area contributed by atoms with Crippen molar-refractivity contribution in [1.82, 2.24) is 0 Å². The summed E-state index contributed by atoms with van der Waals surface area (Å²) in [6.45, 7) is 1.83. The highest BCUT2D eigenvalue weighted by Gasteiger charge is 2.15. The number of nitriles is 1. The van der Waals surface area contributed by atoms with Gasteiger partial charge in [0.1, 0.15) is 17.4 Å². The van der Waals surface area contributed by atoms with Gasteiger partial charge in [-0.2, -0.15) is 5.26 Å². The van der Waals surface area contributed by atoms with Crippen molar-refractivity contribution in [2.75, 3.05) is 25.6 Å². The van der Waals surface area contributed by atoms with Crippen molar-refractivity contribution in [3.05, 3.63) is 51.1 Å². The summed E-state index contributed by atoms with van der Waals surface area (Å²) in [4.78, 5) is 23.3. The lowest BCUT2D eigenvalue weighted by Crippen LogP contribution is -2.13. The summed E-state index contributed by atoms with van der Waals surface area (Å²) in [6.07, 6.45) is 1.41. The van der Waals surface area contributed by atoms with Gasteiger partial charge in [0.2, 0.25) is 0 Å². The molecule has 0 aliphatic carbocycles. The van der Waals surface area contributed by atoms with Gasteiger partial charge in [0.15, 0.2) is 18.1 Å². The fourth-order valence-corrected chi connectivity index (χ4v) is 3.22. The molecule has 0 saturated heterocycles. The molecule has 156 valence electrons. The number of carbonyl (C=O) groups excluding carboxylic acids is 1. The zero-order valence-electron chi connectivity index (χ0n) is 16.3. The van der Waals surface area contributed by atoms with Crippen molar-refractivity contribution in [3.63, 3.8) is 0 Å². The number of hydrogen-bond donors (Lipinski definition) is 2. The number of amides is 1. The van der Waals surface area contributed by atoms with E-state index in [0.717, 1.165) is 0 Å². The summed E-state index contributed by atoms with van der Waals surface area (Å²) in [5.41, 5.74) is 0.902. The first-order valence-electron chi connectivity index (χ1n) is 8.76. The highest BCUT2D eigenvalue weighted by molar-refractivity contribution is 14.1. The first kappa shape index (κ1) is 23.0. The Labute approximate surface area is 187 Å². The molecule has 0 fully saturated rings. The molecular weight excluding hydrogens is 503 g/mol. The van der Waals surface area contributed by atoms with Gasteiger partial charge in [-0.3, -0.25) is 4.79 Å². The van der Waals surface area contributed by atoms with E-state index < -0.39 is 18.5 Å². The van der Waals surface area contributed by atoms with Crippen LogP contribution in [0, 0.1) is 14.9 Å². The van der Waals surface area contributed by atoms with Crippen LogP contribution in [-0.2, 0) is 9.59 Å². The second-order valence-electron chi connectivity index (χ2n) is 5.80. The Kier molecular flexibility index (Phi) is 8.49. The van der Waals surface area contributed by atoms with Crippen LogP contribution in [0.5, 0.6) is 17.2 Å². The van der Waals surface area contributed by atoms with Gasteiger partial charge in [0, 0.05) is 11.8 Å². The van der Waals surface area contributed by atoms with Crippen LogP contribution in [0.25, 0.3) is 6.08 Å². The lowest BCUT2D eigenvalue weighted by molar-refractivity contribution is -0.139. The lowest BCUT2D eigenvalue weighted by atomic mass is 10.1. The molecule has 0 aliphatic heterocycles. The molecule has 0 saturated carbocycles. The molecule has 2 N–H and O–H groups in total. The summed E-state index contributed by atoms with van der Waals surface area (Å²) in [5, 5.41) is 20.9. The molecular formula is C21H19IN2O6. The standard InChI is InChI=1S/C21H19IN2O6/c1-3-29-16-6-4-5-15(10-16)24-21(27)14(11-23)7-13-8-17(22)20(18(9-13)28-2)30-12-19(25)26/h4-10H,3,12H2,1-2H3,(H,24,27)(H,25,26)/b14-7-. The molecule has 0 radical (unpaired) electrons. The number of hydrogen-bond acceptors (Lipinski definition) is 6. The van der Waals surface area contributed by atoms with Gasteiger partial charge < -0.3 is 24.6 Å². The van der Waals surface area contributed by atoms with E-state index in [-0.39, 0.29) is 17.1 Å². The van der Waals surface area contributed by atoms with Crippen LogP contribution in [0.3, 0.4) is 0 Å². The number of nitrogens with one attached hydrogen (secondary N) is 1. The molecule has 30 heavy (non-hydrogen) atoms. The van der Waals surface area contributed by atoms with Gasteiger partial charge in [-0.15, -0.1) is 0 Å². The largest absolute Gasteiger partial charge is 0.494 e. The average Bonchev–Trinajstić information content (AvgIpc) is 2.71. The third-order valence-corrected chi connectivity index (χ3v) is 4.47. The highest BCUT2D eigenvalue weighted by atomic mass is 127. The van der Waals surface area contributed by atoms with E-state index in [2.05, 4.69) is 5.32 Å². The van der Waals surface area contributed by atoms with Crippen LogP contribution >= 0.6 is 22.6 Å². The Balaban J connectivity index is 2.27. The predicted molar refractivity (Wildman–Crippen MR) is 119 cm³/mol. The van der Waals surface area contributed by atoms with Crippen molar-refractivity contribution in [2.24, 2.45) is 0 Å². The molecule has 0 aliphatic rings. The van der Waals surface area contributed by atoms with Crippen LogP contribution in [-0.4, -0.2) is 37.3 Å². The van der Waals surface area contributed by atoms with E-state index in [1.807, 2.05) is 35.6 Å². The smallest absolute Gasteiger partial charge is 0.341 e. The maximum Gasteiger partial charge on any atom is 0.341 e. The Bertz CT molecular complexity index is 1010. The predicted octanol–water partition coefficient (Wildman–Crippen LogP) is 3.71. The van der Waals surface area contributed by atoms with Gasteiger partial charge in [-0.1, -0.05) is 6.07 Å². The van der Waals surface area contributed by atoms with Crippen molar-refractivity contribution >= 4 is 46.2 Å². The van der Waals surface area contributed by atoms with E-state index >= 15 is 0 Å². The van der Waals surface area contributed by atoms with Crippen molar-refractivity contribution in [3.8, 4) is 23.3 Å². The minimum absolute atomic E-state index is 0.117. The molecule has 9 heteroatoms. The summed E-state index contributed by atoms with van der Waals surface area (Å²) in [5.74, 6) is -0.529. The van der Waals surface area contributed by atoms with Gasteiger partial charge in [0.25, 0.3) is 5.91 Å². The summed E-state index contributed by atoms with van der Waals surface area (Å²) >= 11 is 1.96. The topological polar surface area (TPSA) is 118 Å². The lowest BCUT2D eigenvalue weighted by Gasteiger charge is -2.12. The van der Waals surface area contributed by atoms with E-state index in [9.17, 15) is 14.9 Å². The van der Waals surface area contributed by atoms with Crippen LogP contribution in [0.2, 0.25) is 0 Å². The second-order valence-corrected chi connectivity index (χ2v) is 6.96. The molecule has 0 atom stereocenters. The Hall–Kier alpha value is -3.26. The monoisotopic (exact) mass is 522 g/mol. The van der Waals surface area contributed by atoms with Crippen molar-refractivity contribution < 1.29 is 28.9 Å². The van der Waals surface area contributed by atoms with Crippen LogP contribution < -0.4 is 19.5 Å². The fourth-order valence-electron chi connectivity index (χ4n) is 2.44. The third-order valence-electron chi connectivity index (χ3n) is 3.67. The molecule has 0 aromatic heterocycles. The maximum atomic E-state index is 12.5. The van der Waals surface area contributed by atoms with E-state index in [1.165, 1.54) is 13.2 Å². The number of anilines is 1. The number of carboxylic acid groups (broad SMARTS) is 1. The SMILES string of the molecule is CCOc1cccc(NC(=O)/C(C#N)=C\c2cc(I)c(OCC(=O)O)c(OC)c2)c1. The second kappa shape index (κ2) is 11.1. The number of halogens is 1. The van der Waals surface area contributed by atoms with Gasteiger partial charge >= 0.3 is 5.97 Å². The minimum atomic E-state index is -1.12. The quantitative estimate of drug-likeness (QED) is 0.293. The zero-order valence-corrected chi connectivity index (χ0v) is 18.4. The number of aliphatic carboxylic acids is 1. The number of ether oxygens (including phenoxy) is 3. The number of rotatable bonds is 9. The number of methoxy groups -OCH3 is 1. The molecule has 1 amide bonds. The Morgan fingerprint density at radius 2 is 2.03 bits per heavy atom. The van der Waals surface area contributed by atoms with E-state index in [4.69, 9.17) is 19.3 Å². The molecule has 2 rings (SSSR count). The first-order valence-corrected chi connectivity index (χ1v) is 9.84. The van der Waals surface area contributed by atoms with Crippen molar-refractivity contribution in [2.45, 2.75) is 6.92 Å². The third kappa shape index (κ3) is 6.38. The molecule has 0 heterocycles. The summed E-state index contributed by atoms with van der Waals surface area (Å²) in [7, 11) is 1.41. The van der Waals surface area contributed by atoms with Crippen molar-refractivity contribution in [1.29, 1.82) is 5.26 Å².